The average Bonchev–Trinajstić information content (AvgIpc) is 2.38. The van der Waals surface area contributed by atoms with Crippen molar-refractivity contribution in [1.29, 1.82) is 0 Å². The molecule has 0 saturated carbocycles. The van der Waals surface area contributed by atoms with Crippen LogP contribution in [-0.2, 0) is 5.54 Å². The van der Waals surface area contributed by atoms with Crippen LogP contribution in [0.1, 0.15) is 13.8 Å². The van der Waals surface area contributed by atoms with Gasteiger partial charge in [0.2, 0.25) is 0 Å². The zero-order valence-electron chi connectivity index (χ0n) is 6.21. The Morgan fingerprint density at radius 1 is 1.60 bits per heavy atom. The summed E-state index contributed by atoms with van der Waals surface area (Å²) < 4.78 is 1.86. The third kappa shape index (κ3) is 1.32. The van der Waals surface area contributed by atoms with Gasteiger partial charge in [-0.2, -0.15) is 5.10 Å². The molecule has 3 heteroatoms. The quantitative estimate of drug-likeness (QED) is 0.601. The van der Waals surface area contributed by atoms with E-state index in [1.165, 1.54) is 0 Å². The first kappa shape index (κ1) is 7.61. The van der Waals surface area contributed by atoms with Crippen molar-refractivity contribution in [3.8, 4) is 0 Å². The summed E-state index contributed by atoms with van der Waals surface area (Å²) in [6, 6.07) is 1.90. The molecule has 0 fully saturated rings. The topological polar surface area (TPSA) is 17.8 Å². The lowest BCUT2D eigenvalue weighted by Crippen LogP contribution is -2.28. The second-order valence-corrected chi connectivity index (χ2v) is 3.16. The third-order valence-electron chi connectivity index (χ3n) is 1.45. The van der Waals surface area contributed by atoms with Gasteiger partial charge in [-0.15, -0.1) is 11.6 Å². The van der Waals surface area contributed by atoms with Crippen LogP contribution in [0.2, 0.25) is 0 Å². The highest BCUT2D eigenvalue weighted by Crippen LogP contribution is 2.14. The monoisotopic (exact) mass is 158 g/mol. The van der Waals surface area contributed by atoms with Crippen molar-refractivity contribution in [3.05, 3.63) is 18.5 Å². The van der Waals surface area contributed by atoms with Crippen molar-refractivity contribution in [2.24, 2.45) is 0 Å². The van der Waals surface area contributed by atoms with Gasteiger partial charge in [-0.3, -0.25) is 4.68 Å². The van der Waals surface area contributed by atoms with E-state index in [-0.39, 0.29) is 5.54 Å². The predicted molar refractivity (Wildman–Crippen MR) is 42.3 cm³/mol. The molecule has 10 heavy (non-hydrogen) atoms. The summed E-state index contributed by atoms with van der Waals surface area (Å²) in [6.07, 6.45) is 3.68. The normalized spacial score (nSPS) is 11.9. The molecule has 0 bridgehead atoms. The summed E-state index contributed by atoms with van der Waals surface area (Å²) in [7, 11) is 0. The Bertz CT molecular complexity index is 191. The minimum Gasteiger partial charge on any atom is -0.266 e. The second-order valence-electron chi connectivity index (χ2n) is 2.90. The van der Waals surface area contributed by atoms with Crippen LogP contribution < -0.4 is 0 Å². The van der Waals surface area contributed by atoms with Gasteiger partial charge >= 0.3 is 0 Å². The number of hydrogen-bond acceptors (Lipinski definition) is 1. The summed E-state index contributed by atoms with van der Waals surface area (Å²) in [5, 5.41) is 4.09. The molecule has 0 aromatic carbocycles. The minimum absolute atomic E-state index is 0.0644. The fourth-order valence-electron chi connectivity index (χ4n) is 0.688. The zero-order valence-corrected chi connectivity index (χ0v) is 6.97. The van der Waals surface area contributed by atoms with Gasteiger partial charge in [0, 0.05) is 18.3 Å². The van der Waals surface area contributed by atoms with Crippen molar-refractivity contribution >= 4 is 11.6 Å². The molecular formula is C7H11ClN2. The summed E-state index contributed by atoms with van der Waals surface area (Å²) in [4.78, 5) is 0. The van der Waals surface area contributed by atoms with Crippen LogP contribution in [0, 0.1) is 0 Å². The molecule has 0 aliphatic carbocycles. The molecule has 0 saturated heterocycles. The highest BCUT2D eigenvalue weighted by Gasteiger charge is 2.17. The molecule has 1 heterocycles. The Balaban J connectivity index is 2.85. The number of aromatic nitrogens is 2. The van der Waals surface area contributed by atoms with Crippen LogP contribution >= 0.6 is 11.6 Å². The molecule has 1 aromatic heterocycles. The average molecular weight is 159 g/mol. The highest BCUT2D eigenvalue weighted by atomic mass is 35.5. The molecule has 0 amide bonds. The molecule has 0 aliphatic heterocycles. The molecule has 0 spiro atoms. The van der Waals surface area contributed by atoms with Crippen LogP contribution in [0.3, 0.4) is 0 Å². The molecule has 0 radical (unpaired) electrons. The maximum Gasteiger partial charge on any atom is 0.0706 e. The van der Waals surface area contributed by atoms with Gasteiger partial charge in [-0.1, -0.05) is 0 Å². The van der Waals surface area contributed by atoms with Gasteiger partial charge in [0.05, 0.1) is 5.54 Å². The van der Waals surface area contributed by atoms with Crippen molar-refractivity contribution in [1.82, 2.24) is 9.78 Å². The second kappa shape index (κ2) is 2.62. The fraction of sp³-hybridized carbons (Fsp3) is 0.571. The minimum atomic E-state index is -0.0644. The first-order valence-electron chi connectivity index (χ1n) is 3.23. The third-order valence-corrected chi connectivity index (χ3v) is 2.11. The molecule has 1 aromatic rings. The summed E-state index contributed by atoms with van der Waals surface area (Å²) in [5.74, 6) is 0.578. The Morgan fingerprint density at radius 2 is 2.30 bits per heavy atom. The van der Waals surface area contributed by atoms with Gasteiger partial charge < -0.3 is 0 Å². The molecule has 0 unspecified atom stereocenters. The fourth-order valence-corrected chi connectivity index (χ4v) is 0.811. The van der Waals surface area contributed by atoms with Crippen LogP contribution in [0.25, 0.3) is 0 Å². The van der Waals surface area contributed by atoms with Crippen molar-refractivity contribution in [2.75, 3.05) is 5.88 Å². The van der Waals surface area contributed by atoms with E-state index in [9.17, 15) is 0 Å². The van der Waals surface area contributed by atoms with Gasteiger partial charge in [-0.25, -0.2) is 0 Å². The van der Waals surface area contributed by atoms with Gasteiger partial charge in [0.15, 0.2) is 0 Å². The largest absolute Gasteiger partial charge is 0.266 e. The van der Waals surface area contributed by atoms with Crippen LogP contribution in [0.5, 0.6) is 0 Å². The first-order chi connectivity index (χ1) is 4.67. The van der Waals surface area contributed by atoms with Gasteiger partial charge in [0.1, 0.15) is 0 Å². The summed E-state index contributed by atoms with van der Waals surface area (Å²) in [5.41, 5.74) is -0.0644. The maximum absolute atomic E-state index is 5.72. The van der Waals surface area contributed by atoms with Gasteiger partial charge in [-0.05, 0) is 19.9 Å². The smallest absolute Gasteiger partial charge is 0.0706 e. The van der Waals surface area contributed by atoms with Gasteiger partial charge in [0.25, 0.3) is 0 Å². The van der Waals surface area contributed by atoms with E-state index in [1.807, 2.05) is 30.8 Å². The summed E-state index contributed by atoms with van der Waals surface area (Å²) in [6.45, 7) is 4.10. The van der Waals surface area contributed by atoms with Crippen molar-refractivity contribution in [3.63, 3.8) is 0 Å². The molecule has 56 valence electrons. The summed E-state index contributed by atoms with van der Waals surface area (Å²) >= 11 is 5.72. The lowest BCUT2D eigenvalue weighted by Gasteiger charge is -2.21. The Kier molecular flexibility index (Phi) is 2.00. The van der Waals surface area contributed by atoms with Crippen LogP contribution in [-0.4, -0.2) is 15.7 Å². The lowest BCUT2D eigenvalue weighted by molar-refractivity contribution is 0.361. The number of alkyl halides is 1. The number of rotatable bonds is 2. The SMILES string of the molecule is CC(C)(CCl)n1cccn1. The molecule has 1 rings (SSSR count). The van der Waals surface area contributed by atoms with E-state index in [0.717, 1.165) is 0 Å². The van der Waals surface area contributed by atoms with Crippen LogP contribution in [0.15, 0.2) is 18.5 Å². The lowest BCUT2D eigenvalue weighted by atomic mass is 10.1. The number of hydrogen-bond donors (Lipinski definition) is 0. The van der Waals surface area contributed by atoms with Crippen molar-refractivity contribution in [2.45, 2.75) is 19.4 Å². The van der Waals surface area contributed by atoms with E-state index < -0.39 is 0 Å². The Labute approximate surface area is 65.8 Å². The van der Waals surface area contributed by atoms with E-state index in [4.69, 9.17) is 11.6 Å². The van der Waals surface area contributed by atoms with E-state index >= 15 is 0 Å². The molecule has 0 aliphatic rings. The Morgan fingerprint density at radius 3 is 2.70 bits per heavy atom. The van der Waals surface area contributed by atoms with Crippen LogP contribution in [0.4, 0.5) is 0 Å². The molecule has 0 atom stereocenters. The zero-order chi connectivity index (χ0) is 7.61. The standard InChI is InChI=1S/C7H11ClN2/c1-7(2,6-8)10-5-3-4-9-10/h3-5H,6H2,1-2H3. The van der Waals surface area contributed by atoms with E-state index in [0.29, 0.717) is 5.88 Å². The highest BCUT2D eigenvalue weighted by molar-refractivity contribution is 6.18. The predicted octanol–water partition coefficient (Wildman–Crippen LogP) is 1.86. The first-order valence-corrected chi connectivity index (χ1v) is 3.76. The molecular weight excluding hydrogens is 148 g/mol. The van der Waals surface area contributed by atoms with E-state index in [1.54, 1.807) is 6.20 Å². The number of halogens is 1. The van der Waals surface area contributed by atoms with E-state index in [2.05, 4.69) is 5.10 Å². The van der Waals surface area contributed by atoms with Crippen molar-refractivity contribution < 1.29 is 0 Å². The number of nitrogens with zero attached hydrogens (tertiary/aromatic N) is 2. The molecule has 0 N–H and O–H groups in total. The molecule has 2 nitrogen and oxygen atoms in total. The maximum atomic E-state index is 5.72. The Hall–Kier alpha value is -0.500.